The van der Waals surface area contributed by atoms with E-state index in [9.17, 15) is 20.4 Å². The average Bonchev–Trinajstić information content (AvgIpc) is 2.99. The van der Waals surface area contributed by atoms with E-state index in [0.717, 1.165) is 15.6 Å². The largest absolute Gasteiger partial charge is 0.480 e. The third kappa shape index (κ3) is 2.41. The van der Waals surface area contributed by atoms with Crippen molar-refractivity contribution in [3.8, 4) is 12.1 Å². The lowest BCUT2D eigenvalue weighted by Crippen LogP contribution is -2.37. The summed E-state index contributed by atoms with van der Waals surface area (Å²) in [7, 11) is 0. The first-order chi connectivity index (χ1) is 13.4. The van der Waals surface area contributed by atoms with Crippen LogP contribution in [0, 0.1) is 28.1 Å². The Labute approximate surface area is 170 Å². The van der Waals surface area contributed by atoms with Crippen LogP contribution in [0.2, 0.25) is 0 Å². The number of benzene rings is 2. The lowest BCUT2D eigenvalue weighted by molar-refractivity contribution is -0.142. The molecule has 2 aliphatic heterocycles. The molecule has 2 aromatic rings. The summed E-state index contributed by atoms with van der Waals surface area (Å²) in [4.78, 5) is 13.9. The molecule has 6 nitrogen and oxygen atoms in total. The van der Waals surface area contributed by atoms with E-state index in [2.05, 4.69) is 28.1 Å². The topological polar surface area (TPSA) is 114 Å². The molecule has 0 amide bonds. The number of fused-ring (bicyclic) bond motifs is 3. The highest BCUT2D eigenvalue weighted by Crippen LogP contribution is 2.59. The fourth-order valence-electron chi connectivity index (χ4n) is 4.43. The maximum atomic E-state index is 12.3. The van der Waals surface area contributed by atoms with Gasteiger partial charge in [0, 0.05) is 22.3 Å². The molecule has 0 unspecified atom stereocenters. The van der Waals surface area contributed by atoms with E-state index in [1.807, 2.05) is 6.07 Å². The number of aliphatic carboxylic acids is 1. The summed E-state index contributed by atoms with van der Waals surface area (Å²) >= 11 is 3.40. The van der Waals surface area contributed by atoms with Gasteiger partial charge in [0.1, 0.15) is 6.04 Å². The summed E-state index contributed by atoms with van der Waals surface area (Å²) in [5.74, 6) is -1.92. The zero-order chi connectivity index (χ0) is 20.1. The highest BCUT2D eigenvalue weighted by atomic mass is 79.9. The van der Waals surface area contributed by atoms with Gasteiger partial charge in [-0.1, -0.05) is 34.1 Å². The molecule has 0 aromatic heterocycles. The van der Waals surface area contributed by atoms with Crippen molar-refractivity contribution in [2.24, 2.45) is 5.41 Å². The average molecular weight is 435 g/mol. The van der Waals surface area contributed by atoms with Crippen LogP contribution in [-0.4, -0.2) is 22.0 Å². The minimum absolute atomic E-state index is 0.563. The zero-order valence-electron chi connectivity index (χ0n) is 14.6. The van der Waals surface area contributed by atoms with Crippen LogP contribution in [0.25, 0.3) is 6.08 Å². The monoisotopic (exact) mass is 434 g/mol. The van der Waals surface area contributed by atoms with Crippen LogP contribution in [0.15, 0.2) is 53.1 Å². The van der Waals surface area contributed by atoms with Crippen molar-refractivity contribution in [1.82, 2.24) is 4.90 Å². The van der Waals surface area contributed by atoms with Crippen molar-refractivity contribution >= 4 is 33.7 Å². The standard InChI is InChI=1S/C21H15BrN4O2/c22-14-3-1-2-13(8-14)17-18(20(27)28)26-7-6-12-9-15(25)4-5-16(12)19(26)21(17,10-23)11-24/h1-9,17-19H,25H2,(H,27,28)/t17-,18+,19-/m0/s1. The van der Waals surface area contributed by atoms with E-state index in [4.69, 9.17) is 5.73 Å². The Morgan fingerprint density at radius 1 is 1.21 bits per heavy atom. The molecule has 3 N–H and O–H groups in total. The second kappa shape index (κ2) is 6.40. The minimum Gasteiger partial charge on any atom is -0.480 e. The molecule has 0 bridgehead atoms. The van der Waals surface area contributed by atoms with E-state index in [1.54, 1.807) is 53.6 Å². The Balaban J connectivity index is 2.01. The molecule has 2 aromatic carbocycles. The predicted octanol–water partition coefficient (Wildman–Crippen LogP) is 3.64. The van der Waals surface area contributed by atoms with Gasteiger partial charge in [-0.25, -0.2) is 4.79 Å². The number of nitrogen functional groups attached to an aromatic ring is 1. The molecule has 0 saturated carbocycles. The van der Waals surface area contributed by atoms with Crippen LogP contribution in [0.4, 0.5) is 5.69 Å². The van der Waals surface area contributed by atoms with E-state index in [0.29, 0.717) is 11.3 Å². The van der Waals surface area contributed by atoms with E-state index in [-0.39, 0.29) is 0 Å². The first-order valence-corrected chi connectivity index (χ1v) is 9.38. The highest BCUT2D eigenvalue weighted by Gasteiger charge is 2.64. The number of rotatable bonds is 2. The fraction of sp³-hybridized carbons (Fsp3) is 0.190. The van der Waals surface area contributed by atoms with Gasteiger partial charge in [-0.3, -0.25) is 0 Å². The van der Waals surface area contributed by atoms with Gasteiger partial charge in [0.25, 0.3) is 0 Å². The number of nitriles is 2. The molecule has 1 saturated heterocycles. The number of hydrogen-bond donors (Lipinski definition) is 2. The molecule has 4 rings (SSSR count). The number of nitrogens with two attached hydrogens (primary N) is 1. The second-order valence-corrected chi connectivity index (χ2v) is 7.88. The molecule has 7 heteroatoms. The van der Waals surface area contributed by atoms with E-state index in [1.165, 1.54) is 0 Å². The summed E-state index contributed by atoms with van der Waals surface area (Å²) in [5.41, 5.74) is 7.01. The van der Waals surface area contributed by atoms with Gasteiger partial charge in [0.05, 0.1) is 18.2 Å². The fourth-order valence-corrected chi connectivity index (χ4v) is 4.84. The Hall–Kier alpha value is -3.29. The molecule has 0 spiro atoms. The van der Waals surface area contributed by atoms with Crippen molar-refractivity contribution in [1.29, 1.82) is 10.5 Å². The van der Waals surface area contributed by atoms with Gasteiger partial charge in [-0.2, -0.15) is 10.5 Å². The minimum atomic E-state index is -1.58. The Morgan fingerprint density at radius 3 is 2.61 bits per heavy atom. The molecule has 2 heterocycles. The van der Waals surface area contributed by atoms with Gasteiger partial charge in [-0.15, -0.1) is 0 Å². The molecular formula is C21H15BrN4O2. The highest BCUT2D eigenvalue weighted by molar-refractivity contribution is 9.10. The summed E-state index contributed by atoms with van der Waals surface area (Å²) in [6, 6.07) is 15.0. The van der Waals surface area contributed by atoms with Crippen molar-refractivity contribution in [3.63, 3.8) is 0 Å². The Bertz CT molecular complexity index is 1080. The molecule has 138 valence electrons. The third-order valence-electron chi connectivity index (χ3n) is 5.52. The molecule has 0 radical (unpaired) electrons. The van der Waals surface area contributed by atoms with Gasteiger partial charge in [-0.05, 0) is 47.0 Å². The van der Waals surface area contributed by atoms with Crippen molar-refractivity contribution < 1.29 is 9.90 Å². The smallest absolute Gasteiger partial charge is 0.327 e. The SMILES string of the molecule is N#CC1(C#N)[C@@H]2c3ccc(N)cc3C=CN2[C@@H](C(=O)O)[C@@H]1c1cccc(Br)c1. The normalized spacial score (nSPS) is 24.0. The van der Waals surface area contributed by atoms with Crippen LogP contribution < -0.4 is 5.73 Å². The van der Waals surface area contributed by atoms with Crippen molar-refractivity contribution in [3.05, 3.63) is 69.8 Å². The quantitative estimate of drug-likeness (QED) is 0.697. The van der Waals surface area contributed by atoms with Gasteiger partial charge in [0.15, 0.2) is 5.41 Å². The third-order valence-corrected chi connectivity index (χ3v) is 6.01. The van der Waals surface area contributed by atoms with Gasteiger partial charge in [0.2, 0.25) is 0 Å². The molecular weight excluding hydrogens is 420 g/mol. The van der Waals surface area contributed by atoms with E-state index >= 15 is 0 Å². The van der Waals surface area contributed by atoms with Crippen molar-refractivity contribution in [2.75, 3.05) is 5.73 Å². The van der Waals surface area contributed by atoms with Crippen LogP contribution >= 0.6 is 15.9 Å². The zero-order valence-corrected chi connectivity index (χ0v) is 16.2. The Morgan fingerprint density at radius 2 is 1.96 bits per heavy atom. The number of hydrogen-bond acceptors (Lipinski definition) is 5. The van der Waals surface area contributed by atoms with Crippen LogP contribution in [0.1, 0.15) is 28.7 Å². The maximum absolute atomic E-state index is 12.3. The summed E-state index contributed by atoms with van der Waals surface area (Å²) < 4.78 is 0.757. The maximum Gasteiger partial charge on any atom is 0.327 e. The number of carbonyl (C=O) groups is 1. The molecule has 2 aliphatic rings. The van der Waals surface area contributed by atoms with Crippen LogP contribution in [0.3, 0.4) is 0 Å². The second-order valence-electron chi connectivity index (χ2n) is 6.96. The number of anilines is 1. The first kappa shape index (κ1) is 18.1. The lowest BCUT2D eigenvalue weighted by Gasteiger charge is -2.34. The van der Waals surface area contributed by atoms with Crippen LogP contribution in [-0.2, 0) is 4.79 Å². The van der Waals surface area contributed by atoms with E-state index < -0.39 is 29.4 Å². The number of nitrogens with zero attached hydrogens (tertiary/aromatic N) is 3. The number of carboxylic acids is 1. The van der Waals surface area contributed by atoms with Gasteiger partial charge >= 0.3 is 5.97 Å². The van der Waals surface area contributed by atoms with Crippen LogP contribution in [0.5, 0.6) is 0 Å². The molecule has 1 fully saturated rings. The first-order valence-electron chi connectivity index (χ1n) is 8.59. The Kier molecular flexibility index (Phi) is 4.14. The van der Waals surface area contributed by atoms with Crippen molar-refractivity contribution in [2.45, 2.75) is 18.0 Å². The summed E-state index contributed by atoms with van der Waals surface area (Å²) in [6.07, 6.45) is 3.44. The molecule has 0 aliphatic carbocycles. The lowest BCUT2D eigenvalue weighted by atomic mass is 9.68. The summed E-state index contributed by atoms with van der Waals surface area (Å²) in [5, 5.41) is 30.4. The number of halogens is 1. The van der Waals surface area contributed by atoms with Gasteiger partial charge < -0.3 is 15.7 Å². The predicted molar refractivity (Wildman–Crippen MR) is 106 cm³/mol. The molecule has 28 heavy (non-hydrogen) atoms. The summed E-state index contributed by atoms with van der Waals surface area (Å²) in [6.45, 7) is 0. The molecule has 3 atom stereocenters. The number of carboxylic acid groups (broad SMARTS) is 1.